The van der Waals surface area contributed by atoms with Gasteiger partial charge in [0.05, 0.1) is 13.2 Å². The zero-order chi connectivity index (χ0) is 22.6. The zero-order valence-corrected chi connectivity index (χ0v) is 18.3. The summed E-state index contributed by atoms with van der Waals surface area (Å²) in [5.74, 6) is 0.624. The minimum absolute atomic E-state index is 0.0129. The minimum atomic E-state index is -0.157. The van der Waals surface area contributed by atoms with Crippen LogP contribution < -0.4 is 20.7 Å². The molecule has 0 aromatic heterocycles. The maximum atomic E-state index is 12.2. The average molecular weight is 432 g/mol. The number of carbonyl (C=O) groups excluding carboxylic acids is 2. The van der Waals surface area contributed by atoms with Crippen molar-refractivity contribution < 1.29 is 14.3 Å². The summed E-state index contributed by atoms with van der Waals surface area (Å²) in [6.45, 7) is 2.71. The average Bonchev–Trinajstić information content (AvgIpc) is 2.81. The zero-order valence-electron chi connectivity index (χ0n) is 18.3. The fourth-order valence-electron chi connectivity index (χ4n) is 3.08. The summed E-state index contributed by atoms with van der Waals surface area (Å²) in [7, 11) is 0. The molecule has 2 amide bonds. The molecular weight excluding hydrogens is 402 g/mol. The van der Waals surface area contributed by atoms with Crippen molar-refractivity contribution >= 4 is 28.9 Å². The van der Waals surface area contributed by atoms with Gasteiger partial charge in [0, 0.05) is 29.9 Å². The lowest BCUT2D eigenvalue weighted by Gasteiger charge is -2.10. The Morgan fingerprint density at radius 2 is 1.34 bits per heavy atom. The number of carbonyl (C=O) groups is 2. The maximum Gasteiger partial charge on any atom is 0.243 e. The molecule has 0 spiro atoms. The first-order valence-electron chi connectivity index (χ1n) is 10.8. The molecule has 0 bridgehead atoms. The minimum Gasteiger partial charge on any atom is -0.493 e. The van der Waals surface area contributed by atoms with E-state index < -0.39 is 0 Å². The molecule has 0 heterocycles. The highest BCUT2D eigenvalue weighted by Crippen LogP contribution is 2.17. The van der Waals surface area contributed by atoms with Gasteiger partial charge in [-0.2, -0.15) is 0 Å². The Labute approximate surface area is 189 Å². The van der Waals surface area contributed by atoms with Crippen molar-refractivity contribution in [3.8, 4) is 5.75 Å². The molecule has 0 aliphatic heterocycles. The Balaban J connectivity index is 1.38. The second-order valence-corrected chi connectivity index (χ2v) is 7.39. The SMILES string of the molecule is CCCC(=O)Nc1ccc(NC(=O)CNc2ccc(OCCc3ccccc3)cc2)cc1. The van der Waals surface area contributed by atoms with Gasteiger partial charge in [-0.3, -0.25) is 9.59 Å². The summed E-state index contributed by atoms with van der Waals surface area (Å²) < 4.78 is 5.78. The number of amides is 2. The smallest absolute Gasteiger partial charge is 0.243 e. The van der Waals surface area contributed by atoms with E-state index in [1.807, 2.05) is 49.4 Å². The molecule has 0 fully saturated rings. The van der Waals surface area contributed by atoms with Crippen LogP contribution in [0.2, 0.25) is 0 Å². The van der Waals surface area contributed by atoms with Crippen LogP contribution in [0.1, 0.15) is 25.3 Å². The van der Waals surface area contributed by atoms with E-state index in [4.69, 9.17) is 4.74 Å². The van der Waals surface area contributed by atoms with Crippen molar-refractivity contribution in [2.75, 3.05) is 29.1 Å². The van der Waals surface area contributed by atoms with Crippen molar-refractivity contribution in [3.05, 3.63) is 84.4 Å². The van der Waals surface area contributed by atoms with Crippen molar-refractivity contribution in [1.29, 1.82) is 0 Å². The fraction of sp³-hybridized carbons (Fsp3) is 0.231. The van der Waals surface area contributed by atoms with Crippen LogP contribution in [-0.2, 0) is 16.0 Å². The van der Waals surface area contributed by atoms with E-state index in [0.29, 0.717) is 24.4 Å². The van der Waals surface area contributed by atoms with E-state index >= 15 is 0 Å². The van der Waals surface area contributed by atoms with Gasteiger partial charge >= 0.3 is 0 Å². The monoisotopic (exact) mass is 431 g/mol. The largest absolute Gasteiger partial charge is 0.493 e. The number of hydrogen-bond donors (Lipinski definition) is 3. The van der Waals surface area contributed by atoms with Gasteiger partial charge in [-0.25, -0.2) is 0 Å². The van der Waals surface area contributed by atoms with Gasteiger partial charge in [-0.05, 0) is 60.5 Å². The maximum absolute atomic E-state index is 12.2. The first-order valence-corrected chi connectivity index (χ1v) is 10.8. The van der Waals surface area contributed by atoms with Gasteiger partial charge in [0.15, 0.2) is 0 Å². The van der Waals surface area contributed by atoms with E-state index in [1.54, 1.807) is 24.3 Å². The lowest BCUT2D eigenvalue weighted by Crippen LogP contribution is -2.21. The van der Waals surface area contributed by atoms with Crippen LogP contribution in [0, 0.1) is 0 Å². The summed E-state index contributed by atoms with van der Waals surface area (Å²) >= 11 is 0. The molecule has 0 aliphatic rings. The van der Waals surface area contributed by atoms with Gasteiger partial charge in [0.25, 0.3) is 0 Å². The lowest BCUT2D eigenvalue weighted by atomic mass is 10.2. The Kier molecular flexibility index (Phi) is 8.69. The van der Waals surface area contributed by atoms with E-state index in [-0.39, 0.29) is 18.4 Å². The molecule has 6 nitrogen and oxygen atoms in total. The van der Waals surface area contributed by atoms with E-state index in [1.165, 1.54) is 5.56 Å². The third-order valence-electron chi connectivity index (χ3n) is 4.74. The molecular formula is C26H29N3O3. The predicted molar refractivity (Wildman–Crippen MR) is 129 cm³/mol. The molecule has 0 saturated carbocycles. The molecule has 0 radical (unpaired) electrons. The number of rotatable bonds is 11. The molecule has 3 N–H and O–H groups in total. The number of ether oxygens (including phenoxy) is 1. The Bertz CT molecular complexity index is 987. The highest BCUT2D eigenvalue weighted by Gasteiger charge is 2.05. The Hall–Kier alpha value is -3.80. The number of nitrogens with one attached hydrogen (secondary N) is 3. The van der Waals surface area contributed by atoms with Gasteiger partial charge in [-0.1, -0.05) is 37.3 Å². The van der Waals surface area contributed by atoms with Crippen molar-refractivity contribution in [1.82, 2.24) is 0 Å². The van der Waals surface area contributed by atoms with Crippen LogP contribution in [0.25, 0.3) is 0 Å². The first-order chi connectivity index (χ1) is 15.6. The van der Waals surface area contributed by atoms with E-state index in [0.717, 1.165) is 24.3 Å². The quantitative estimate of drug-likeness (QED) is 0.395. The highest BCUT2D eigenvalue weighted by molar-refractivity contribution is 5.94. The molecule has 0 unspecified atom stereocenters. The van der Waals surface area contributed by atoms with Crippen LogP contribution in [0.5, 0.6) is 5.75 Å². The van der Waals surface area contributed by atoms with Crippen molar-refractivity contribution in [2.24, 2.45) is 0 Å². The fourth-order valence-corrected chi connectivity index (χ4v) is 3.08. The van der Waals surface area contributed by atoms with E-state index in [9.17, 15) is 9.59 Å². The third kappa shape index (κ3) is 7.80. The molecule has 32 heavy (non-hydrogen) atoms. The van der Waals surface area contributed by atoms with Crippen LogP contribution in [0.4, 0.5) is 17.1 Å². The van der Waals surface area contributed by atoms with Crippen LogP contribution in [0.15, 0.2) is 78.9 Å². The number of anilines is 3. The summed E-state index contributed by atoms with van der Waals surface area (Å²) in [6, 6.07) is 24.8. The molecule has 166 valence electrons. The number of benzene rings is 3. The molecule has 6 heteroatoms. The highest BCUT2D eigenvalue weighted by atomic mass is 16.5. The lowest BCUT2D eigenvalue weighted by molar-refractivity contribution is -0.116. The van der Waals surface area contributed by atoms with Crippen LogP contribution >= 0.6 is 0 Å². The summed E-state index contributed by atoms with van der Waals surface area (Å²) in [5.41, 5.74) is 3.47. The van der Waals surface area contributed by atoms with Gasteiger partial charge in [-0.15, -0.1) is 0 Å². The standard InChI is InChI=1S/C26H29N3O3/c1-2-6-25(30)28-22-9-11-23(12-10-22)29-26(31)19-27-21-13-15-24(16-14-21)32-18-17-20-7-4-3-5-8-20/h3-5,7-16,27H,2,6,17-19H2,1H3,(H,28,30)(H,29,31). The molecule has 0 saturated heterocycles. The third-order valence-corrected chi connectivity index (χ3v) is 4.74. The Morgan fingerprint density at radius 1 is 0.750 bits per heavy atom. The predicted octanol–water partition coefficient (Wildman–Crippen LogP) is 5.10. The normalized spacial score (nSPS) is 10.3. The number of hydrogen-bond acceptors (Lipinski definition) is 4. The first kappa shape index (κ1) is 22.9. The summed E-state index contributed by atoms with van der Waals surface area (Å²) in [5, 5.41) is 8.76. The molecule has 0 aliphatic carbocycles. The van der Waals surface area contributed by atoms with Crippen LogP contribution in [-0.4, -0.2) is 25.0 Å². The van der Waals surface area contributed by atoms with Crippen molar-refractivity contribution in [2.45, 2.75) is 26.2 Å². The van der Waals surface area contributed by atoms with E-state index in [2.05, 4.69) is 28.1 Å². The second-order valence-electron chi connectivity index (χ2n) is 7.39. The van der Waals surface area contributed by atoms with Crippen molar-refractivity contribution in [3.63, 3.8) is 0 Å². The van der Waals surface area contributed by atoms with Crippen LogP contribution in [0.3, 0.4) is 0 Å². The second kappa shape index (κ2) is 12.2. The summed E-state index contributed by atoms with van der Waals surface area (Å²) in [6.07, 6.45) is 2.15. The molecule has 3 rings (SSSR count). The molecule has 3 aromatic carbocycles. The molecule has 3 aromatic rings. The van der Waals surface area contributed by atoms with Gasteiger partial charge in [0.1, 0.15) is 5.75 Å². The Morgan fingerprint density at radius 3 is 1.97 bits per heavy atom. The summed E-state index contributed by atoms with van der Waals surface area (Å²) in [4.78, 5) is 23.8. The topological polar surface area (TPSA) is 79.5 Å². The molecule has 0 atom stereocenters. The van der Waals surface area contributed by atoms with Gasteiger partial charge in [0.2, 0.25) is 11.8 Å². The van der Waals surface area contributed by atoms with Gasteiger partial charge < -0.3 is 20.7 Å².